The van der Waals surface area contributed by atoms with E-state index in [4.69, 9.17) is 5.73 Å². The van der Waals surface area contributed by atoms with Crippen molar-refractivity contribution in [2.75, 3.05) is 6.54 Å². The van der Waals surface area contributed by atoms with Crippen molar-refractivity contribution in [3.63, 3.8) is 0 Å². The van der Waals surface area contributed by atoms with Gasteiger partial charge in [-0.1, -0.05) is 91.0 Å². The fourth-order valence-corrected chi connectivity index (χ4v) is 3.77. The van der Waals surface area contributed by atoms with Gasteiger partial charge in [0.05, 0.1) is 12.0 Å². The molecule has 0 aliphatic carbocycles. The standard InChI is InChI=1S/C27H31N3O2.ClH/c1-20(21-12-5-2-6-13-21)29-26(31)24(18-11-19-28)30-27(32)25(22-14-7-3-8-15-22)23-16-9-4-10-17-23;/h2-10,12-17,20,24-25H,11,18-19,28H2,1H3,(H,29,31)(H,30,32);1H/t20-,24+;/m1./s1. The van der Waals surface area contributed by atoms with Gasteiger partial charge in [-0.2, -0.15) is 0 Å². The molecule has 0 radical (unpaired) electrons. The van der Waals surface area contributed by atoms with Crippen LogP contribution in [0.15, 0.2) is 91.0 Å². The fraction of sp³-hybridized carbons (Fsp3) is 0.259. The summed E-state index contributed by atoms with van der Waals surface area (Å²) in [6, 6.07) is 28.2. The Bertz CT molecular complexity index is 945. The van der Waals surface area contributed by atoms with Crippen LogP contribution in [0.1, 0.15) is 48.4 Å². The second kappa shape index (κ2) is 13.4. The lowest BCUT2D eigenvalue weighted by Crippen LogP contribution is -2.48. The van der Waals surface area contributed by atoms with E-state index < -0.39 is 12.0 Å². The molecule has 0 bridgehead atoms. The highest BCUT2D eigenvalue weighted by atomic mass is 35.5. The van der Waals surface area contributed by atoms with E-state index in [9.17, 15) is 9.59 Å². The molecule has 2 atom stereocenters. The summed E-state index contributed by atoms with van der Waals surface area (Å²) in [6.07, 6.45) is 1.12. The minimum atomic E-state index is -0.660. The summed E-state index contributed by atoms with van der Waals surface area (Å²) in [7, 11) is 0. The lowest BCUT2D eigenvalue weighted by Gasteiger charge is -2.24. The van der Waals surface area contributed by atoms with Crippen LogP contribution in [0.4, 0.5) is 0 Å². The second-order valence-corrected chi connectivity index (χ2v) is 7.89. The Labute approximate surface area is 202 Å². The van der Waals surface area contributed by atoms with Gasteiger partial charge in [0.2, 0.25) is 11.8 Å². The van der Waals surface area contributed by atoms with Gasteiger partial charge in [0.15, 0.2) is 0 Å². The van der Waals surface area contributed by atoms with E-state index in [-0.39, 0.29) is 30.3 Å². The lowest BCUT2D eigenvalue weighted by atomic mass is 9.90. The number of carbonyl (C=O) groups excluding carboxylic acids is 2. The van der Waals surface area contributed by atoms with Crippen LogP contribution in [0.2, 0.25) is 0 Å². The van der Waals surface area contributed by atoms with Crippen LogP contribution >= 0.6 is 12.4 Å². The molecule has 174 valence electrons. The van der Waals surface area contributed by atoms with Crippen molar-refractivity contribution in [1.82, 2.24) is 10.6 Å². The summed E-state index contributed by atoms with van der Waals surface area (Å²) < 4.78 is 0. The molecular weight excluding hydrogens is 434 g/mol. The van der Waals surface area contributed by atoms with Gasteiger partial charge in [0, 0.05) is 0 Å². The van der Waals surface area contributed by atoms with Crippen LogP contribution < -0.4 is 16.4 Å². The number of hydrogen-bond acceptors (Lipinski definition) is 3. The zero-order valence-electron chi connectivity index (χ0n) is 18.8. The molecule has 3 rings (SSSR count). The summed E-state index contributed by atoms with van der Waals surface area (Å²) in [5.74, 6) is -0.910. The average molecular weight is 466 g/mol. The molecule has 3 aromatic carbocycles. The van der Waals surface area contributed by atoms with Gasteiger partial charge < -0.3 is 16.4 Å². The molecule has 5 nitrogen and oxygen atoms in total. The van der Waals surface area contributed by atoms with Crippen molar-refractivity contribution < 1.29 is 9.59 Å². The number of nitrogens with one attached hydrogen (secondary N) is 2. The van der Waals surface area contributed by atoms with Crippen molar-refractivity contribution in [3.8, 4) is 0 Å². The van der Waals surface area contributed by atoms with Gasteiger partial charge >= 0.3 is 0 Å². The third kappa shape index (κ3) is 7.45. The SMILES string of the molecule is C[C@@H](NC(=O)[C@H](CCCN)NC(=O)C(c1ccccc1)c1ccccc1)c1ccccc1.Cl. The Kier molecular flexibility index (Phi) is 10.6. The molecule has 0 saturated carbocycles. The van der Waals surface area contributed by atoms with Gasteiger partial charge in [-0.3, -0.25) is 9.59 Å². The van der Waals surface area contributed by atoms with Crippen molar-refractivity contribution in [2.45, 2.75) is 37.8 Å². The molecular formula is C27H32ClN3O2. The molecule has 0 aliphatic heterocycles. The molecule has 0 saturated heterocycles. The first kappa shape index (κ1) is 26.1. The van der Waals surface area contributed by atoms with Crippen molar-refractivity contribution in [3.05, 3.63) is 108 Å². The highest BCUT2D eigenvalue weighted by molar-refractivity contribution is 5.92. The highest BCUT2D eigenvalue weighted by Gasteiger charge is 2.28. The fourth-order valence-electron chi connectivity index (χ4n) is 3.77. The molecule has 4 N–H and O–H groups in total. The lowest BCUT2D eigenvalue weighted by molar-refractivity contribution is -0.129. The van der Waals surface area contributed by atoms with Gasteiger partial charge in [0.25, 0.3) is 0 Å². The normalized spacial score (nSPS) is 12.3. The topological polar surface area (TPSA) is 84.2 Å². The summed E-state index contributed by atoms with van der Waals surface area (Å²) in [5, 5.41) is 6.03. The van der Waals surface area contributed by atoms with Crippen molar-refractivity contribution >= 4 is 24.2 Å². The predicted molar refractivity (Wildman–Crippen MR) is 135 cm³/mol. The number of hydrogen-bond donors (Lipinski definition) is 3. The summed E-state index contributed by atoms with van der Waals surface area (Å²) in [6.45, 7) is 2.39. The molecule has 6 heteroatoms. The maximum Gasteiger partial charge on any atom is 0.243 e. The maximum atomic E-state index is 13.5. The van der Waals surface area contributed by atoms with Gasteiger partial charge in [-0.15, -0.1) is 12.4 Å². The largest absolute Gasteiger partial charge is 0.348 e. The Balaban J connectivity index is 0.00000385. The molecule has 0 aliphatic rings. The zero-order chi connectivity index (χ0) is 22.8. The van der Waals surface area contributed by atoms with Crippen LogP contribution in [0.5, 0.6) is 0 Å². The number of carbonyl (C=O) groups is 2. The van der Waals surface area contributed by atoms with Crippen LogP contribution in [0, 0.1) is 0 Å². The number of benzene rings is 3. The quantitative estimate of drug-likeness (QED) is 0.416. The summed E-state index contributed by atoms with van der Waals surface area (Å²) in [5.41, 5.74) is 8.47. The minimum absolute atomic E-state index is 0. The monoisotopic (exact) mass is 465 g/mol. The molecule has 0 spiro atoms. The second-order valence-electron chi connectivity index (χ2n) is 7.89. The van der Waals surface area contributed by atoms with Crippen LogP contribution in [-0.4, -0.2) is 24.4 Å². The predicted octanol–water partition coefficient (Wildman–Crippen LogP) is 4.34. The van der Waals surface area contributed by atoms with Gasteiger partial charge in [-0.25, -0.2) is 0 Å². The van der Waals surface area contributed by atoms with Crippen LogP contribution in [0.3, 0.4) is 0 Å². The molecule has 3 aromatic rings. The van der Waals surface area contributed by atoms with E-state index in [1.54, 1.807) is 0 Å². The van der Waals surface area contributed by atoms with Crippen molar-refractivity contribution in [1.29, 1.82) is 0 Å². The highest BCUT2D eigenvalue weighted by Crippen LogP contribution is 2.25. The zero-order valence-corrected chi connectivity index (χ0v) is 19.6. The minimum Gasteiger partial charge on any atom is -0.348 e. The van der Waals surface area contributed by atoms with Crippen molar-refractivity contribution in [2.24, 2.45) is 5.73 Å². The Morgan fingerprint density at radius 1 is 0.727 bits per heavy atom. The van der Waals surface area contributed by atoms with E-state index in [1.807, 2.05) is 97.9 Å². The number of amides is 2. The van der Waals surface area contributed by atoms with E-state index in [0.717, 1.165) is 16.7 Å². The van der Waals surface area contributed by atoms with Gasteiger partial charge in [0.1, 0.15) is 6.04 Å². The Morgan fingerprint density at radius 3 is 1.64 bits per heavy atom. The molecule has 33 heavy (non-hydrogen) atoms. The van der Waals surface area contributed by atoms with Crippen LogP contribution in [0.25, 0.3) is 0 Å². The third-order valence-corrected chi connectivity index (χ3v) is 5.52. The number of rotatable bonds is 10. The molecule has 0 aromatic heterocycles. The van der Waals surface area contributed by atoms with Crippen LogP contribution in [-0.2, 0) is 9.59 Å². The molecule has 0 heterocycles. The summed E-state index contributed by atoms with van der Waals surface area (Å²) in [4.78, 5) is 26.6. The van der Waals surface area contributed by atoms with E-state index >= 15 is 0 Å². The number of halogens is 1. The smallest absolute Gasteiger partial charge is 0.243 e. The Hall–Kier alpha value is -3.15. The molecule has 0 unspecified atom stereocenters. The first-order valence-electron chi connectivity index (χ1n) is 11.1. The summed E-state index contributed by atoms with van der Waals surface area (Å²) >= 11 is 0. The Morgan fingerprint density at radius 2 is 1.18 bits per heavy atom. The maximum absolute atomic E-state index is 13.5. The third-order valence-electron chi connectivity index (χ3n) is 5.52. The van der Waals surface area contributed by atoms with E-state index in [1.165, 1.54) is 0 Å². The first-order valence-corrected chi connectivity index (χ1v) is 11.1. The average Bonchev–Trinajstić information content (AvgIpc) is 2.83. The van der Waals surface area contributed by atoms with E-state index in [0.29, 0.717) is 19.4 Å². The molecule has 2 amide bonds. The number of nitrogens with two attached hydrogens (primary N) is 1. The molecule has 0 fully saturated rings. The first-order chi connectivity index (χ1) is 15.6. The van der Waals surface area contributed by atoms with E-state index in [2.05, 4.69) is 10.6 Å². The van der Waals surface area contributed by atoms with Gasteiger partial charge in [-0.05, 0) is 43.0 Å².